The van der Waals surface area contributed by atoms with Crippen LogP contribution in [0.3, 0.4) is 0 Å². The summed E-state index contributed by atoms with van der Waals surface area (Å²) in [5.41, 5.74) is 7.27. The maximum atomic E-state index is 6.04. The summed E-state index contributed by atoms with van der Waals surface area (Å²) in [6.45, 7) is 6.14. The average Bonchev–Trinajstić information content (AvgIpc) is 2.74. The topological polar surface area (TPSA) is 35.2 Å². The van der Waals surface area contributed by atoms with Crippen molar-refractivity contribution in [2.45, 2.75) is 32.9 Å². The summed E-state index contributed by atoms with van der Waals surface area (Å²) >= 11 is 1.74. The van der Waals surface area contributed by atoms with Gasteiger partial charge in [0.1, 0.15) is 11.9 Å². The Labute approximate surface area is 112 Å². The van der Waals surface area contributed by atoms with Crippen molar-refractivity contribution in [3.05, 3.63) is 51.7 Å². The summed E-state index contributed by atoms with van der Waals surface area (Å²) < 4.78 is 6.02. The van der Waals surface area contributed by atoms with Gasteiger partial charge in [-0.3, -0.25) is 0 Å². The Morgan fingerprint density at radius 2 is 1.72 bits per heavy atom. The molecule has 2 aromatic rings. The van der Waals surface area contributed by atoms with Crippen LogP contribution in [0.1, 0.15) is 28.3 Å². The predicted octanol–water partition coefficient (Wildman–Crippen LogP) is 3.83. The fourth-order valence-corrected chi connectivity index (χ4v) is 2.82. The molecular weight excluding hydrogens is 242 g/mol. The lowest BCUT2D eigenvalue weighted by atomic mass is 10.1. The summed E-state index contributed by atoms with van der Waals surface area (Å²) in [6, 6.07) is 12.2. The first-order valence-electron chi connectivity index (χ1n) is 6.11. The van der Waals surface area contributed by atoms with Crippen LogP contribution in [-0.2, 0) is 0 Å². The van der Waals surface area contributed by atoms with Gasteiger partial charge in [-0.1, -0.05) is 17.7 Å². The van der Waals surface area contributed by atoms with E-state index in [-0.39, 0.29) is 12.1 Å². The van der Waals surface area contributed by atoms with Gasteiger partial charge in [0.05, 0.1) is 0 Å². The van der Waals surface area contributed by atoms with Gasteiger partial charge < -0.3 is 10.5 Å². The average molecular weight is 261 g/mol. The van der Waals surface area contributed by atoms with Gasteiger partial charge >= 0.3 is 0 Å². The highest BCUT2D eigenvalue weighted by molar-refractivity contribution is 7.12. The minimum Gasteiger partial charge on any atom is -0.483 e. The number of rotatable bonds is 4. The second kappa shape index (κ2) is 5.55. The van der Waals surface area contributed by atoms with Crippen molar-refractivity contribution < 1.29 is 4.74 Å². The summed E-state index contributed by atoms with van der Waals surface area (Å²) in [7, 11) is 0. The molecule has 0 radical (unpaired) electrons. The lowest BCUT2D eigenvalue weighted by Crippen LogP contribution is -2.28. The minimum atomic E-state index is -0.0774. The predicted molar refractivity (Wildman–Crippen MR) is 77.3 cm³/mol. The molecule has 1 heterocycles. The van der Waals surface area contributed by atoms with E-state index in [0.717, 1.165) is 5.75 Å². The third-order valence-electron chi connectivity index (χ3n) is 2.80. The van der Waals surface area contributed by atoms with Crippen LogP contribution in [0.15, 0.2) is 36.4 Å². The molecule has 18 heavy (non-hydrogen) atoms. The van der Waals surface area contributed by atoms with Crippen molar-refractivity contribution in [2.24, 2.45) is 5.73 Å². The van der Waals surface area contributed by atoms with Crippen LogP contribution < -0.4 is 10.5 Å². The van der Waals surface area contributed by atoms with E-state index in [4.69, 9.17) is 10.5 Å². The van der Waals surface area contributed by atoms with Crippen LogP contribution >= 0.6 is 11.3 Å². The van der Waals surface area contributed by atoms with Gasteiger partial charge in [0, 0.05) is 15.8 Å². The molecule has 3 heteroatoms. The molecule has 96 valence electrons. The normalized spacial score (nSPS) is 14.2. The van der Waals surface area contributed by atoms with Crippen LogP contribution in [0.4, 0.5) is 0 Å². The molecule has 0 bridgehead atoms. The number of hydrogen-bond donors (Lipinski definition) is 1. The van der Waals surface area contributed by atoms with E-state index in [9.17, 15) is 0 Å². The molecule has 1 aromatic carbocycles. The quantitative estimate of drug-likeness (QED) is 0.907. The lowest BCUT2D eigenvalue weighted by molar-refractivity contribution is 0.184. The molecule has 1 aromatic heterocycles. The van der Waals surface area contributed by atoms with E-state index in [0.29, 0.717) is 0 Å². The van der Waals surface area contributed by atoms with E-state index in [1.807, 2.05) is 31.2 Å². The van der Waals surface area contributed by atoms with Crippen LogP contribution in [-0.4, -0.2) is 6.04 Å². The molecule has 0 aliphatic heterocycles. The molecule has 0 amide bonds. The van der Waals surface area contributed by atoms with Gasteiger partial charge in [-0.25, -0.2) is 0 Å². The first-order valence-corrected chi connectivity index (χ1v) is 6.93. The Balaban J connectivity index is 2.19. The molecule has 0 aliphatic carbocycles. The fraction of sp³-hybridized carbons (Fsp3) is 0.333. The van der Waals surface area contributed by atoms with E-state index in [1.54, 1.807) is 11.3 Å². The largest absolute Gasteiger partial charge is 0.483 e. The highest BCUT2D eigenvalue weighted by Crippen LogP contribution is 2.29. The molecule has 0 aliphatic rings. The summed E-state index contributed by atoms with van der Waals surface area (Å²) in [5, 5.41) is 0. The van der Waals surface area contributed by atoms with Gasteiger partial charge in [-0.2, -0.15) is 0 Å². The van der Waals surface area contributed by atoms with Crippen molar-refractivity contribution in [3.8, 4) is 5.75 Å². The summed E-state index contributed by atoms with van der Waals surface area (Å²) in [4.78, 5) is 2.46. The number of nitrogens with two attached hydrogens (primary N) is 1. The zero-order chi connectivity index (χ0) is 13.1. The minimum absolute atomic E-state index is 0.0376. The van der Waals surface area contributed by atoms with Crippen LogP contribution in [0, 0.1) is 13.8 Å². The first kappa shape index (κ1) is 13.1. The zero-order valence-corrected chi connectivity index (χ0v) is 11.8. The van der Waals surface area contributed by atoms with Gasteiger partial charge in [-0.05, 0) is 45.0 Å². The molecule has 2 nitrogen and oxygen atoms in total. The standard InChI is InChI=1S/C15H19NOS/c1-10-4-7-13(8-5-10)17-15(12(3)16)14-9-6-11(2)18-14/h4-9,12,15H,16H2,1-3H3. The molecule has 0 spiro atoms. The maximum absolute atomic E-state index is 6.04. The van der Waals surface area contributed by atoms with Crippen molar-refractivity contribution in [2.75, 3.05) is 0 Å². The van der Waals surface area contributed by atoms with Crippen molar-refractivity contribution in [1.82, 2.24) is 0 Å². The van der Waals surface area contributed by atoms with Gasteiger partial charge in [0.2, 0.25) is 0 Å². The summed E-state index contributed by atoms with van der Waals surface area (Å²) in [6.07, 6.45) is -0.0774. The van der Waals surface area contributed by atoms with Gasteiger partial charge in [0.25, 0.3) is 0 Å². The number of ether oxygens (including phenoxy) is 1. The second-order valence-electron chi connectivity index (χ2n) is 4.66. The molecule has 2 atom stereocenters. The van der Waals surface area contributed by atoms with E-state index in [2.05, 4.69) is 26.0 Å². The zero-order valence-electron chi connectivity index (χ0n) is 11.0. The Bertz CT molecular complexity index is 501. The number of thiophene rings is 1. The van der Waals surface area contributed by atoms with Crippen molar-refractivity contribution >= 4 is 11.3 Å². The van der Waals surface area contributed by atoms with Gasteiger partial charge in [0.15, 0.2) is 0 Å². The fourth-order valence-electron chi connectivity index (χ4n) is 1.79. The molecule has 0 saturated carbocycles. The lowest BCUT2D eigenvalue weighted by Gasteiger charge is -2.21. The van der Waals surface area contributed by atoms with E-state index < -0.39 is 0 Å². The monoisotopic (exact) mass is 261 g/mol. The Morgan fingerprint density at radius 3 is 2.22 bits per heavy atom. The smallest absolute Gasteiger partial charge is 0.148 e. The summed E-state index contributed by atoms with van der Waals surface area (Å²) in [5.74, 6) is 0.869. The van der Waals surface area contributed by atoms with Crippen molar-refractivity contribution in [3.63, 3.8) is 0 Å². The Morgan fingerprint density at radius 1 is 1.06 bits per heavy atom. The SMILES string of the molecule is Cc1ccc(OC(c2ccc(C)s2)C(C)N)cc1. The Kier molecular flexibility index (Phi) is 4.04. The maximum Gasteiger partial charge on any atom is 0.148 e. The third kappa shape index (κ3) is 3.12. The highest BCUT2D eigenvalue weighted by atomic mass is 32.1. The van der Waals surface area contributed by atoms with Gasteiger partial charge in [-0.15, -0.1) is 11.3 Å². The van der Waals surface area contributed by atoms with Crippen LogP contribution in [0.2, 0.25) is 0 Å². The van der Waals surface area contributed by atoms with E-state index >= 15 is 0 Å². The molecule has 0 saturated heterocycles. The first-order chi connectivity index (χ1) is 8.56. The highest BCUT2D eigenvalue weighted by Gasteiger charge is 2.19. The third-order valence-corrected chi connectivity index (χ3v) is 3.87. The second-order valence-corrected chi connectivity index (χ2v) is 5.98. The molecular formula is C15H19NOS. The van der Waals surface area contributed by atoms with Crippen LogP contribution in [0.25, 0.3) is 0 Å². The molecule has 2 rings (SSSR count). The molecule has 0 fully saturated rings. The number of hydrogen-bond acceptors (Lipinski definition) is 3. The Hall–Kier alpha value is -1.32. The van der Waals surface area contributed by atoms with Crippen LogP contribution in [0.5, 0.6) is 5.75 Å². The molecule has 2 unspecified atom stereocenters. The van der Waals surface area contributed by atoms with E-state index in [1.165, 1.54) is 15.3 Å². The molecule has 2 N–H and O–H groups in total. The number of benzene rings is 1. The van der Waals surface area contributed by atoms with Crippen molar-refractivity contribution in [1.29, 1.82) is 0 Å². The number of aryl methyl sites for hydroxylation is 2.